The zero-order chi connectivity index (χ0) is 19.7. The van der Waals surface area contributed by atoms with Gasteiger partial charge in [-0.1, -0.05) is 12.1 Å². The van der Waals surface area contributed by atoms with E-state index in [4.69, 9.17) is 0 Å². The van der Waals surface area contributed by atoms with E-state index in [1.165, 1.54) is 11.0 Å². The average Bonchev–Trinajstić information content (AvgIpc) is 2.96. The summed E-state index contributed by atoms with van der Waals surface area (Å²) in [5, 5.41) is 14.0. The first-order valence-corrected chi connectivity index (χ1v) is 8.69. The van der Waals surface area contributed by atoms with E-state index in [2.05, 4.69) is 5.32 Å². The summed E-state index contributed by atoms with van der Waals surface area (Å²) in [6, 6.07) is 10.4. The van der Waals surface area contributed by atoms with E-state index in [0.717, 1.165) is 11.1 Å². The number of anilines is 2. The Labute approximate surface area is 157 Å². The number of nitrogens with one attached hydrogen (secondary N) is 1. The monoisotopic (exact) mass is 367 g/mol. The normalized spacial score (nSPS) is 16.5. The minimum absolute atomic E-state index is 0.0385. The van der Waals surface area contributed by atoms with Crippen LogP contribution in [0.2, 0.25) is 0 Å². The van der Waals surface area contributed by atoms with Crippen molar-refractivity contribution in [3.05, 3.63) is 63.2 Å². The predicted octanol–water partition coefficient (Wildman–Crippen LogP) is 3.51. The van der Waals surface area contributed by atoms with Crippen molar-refractivity contribution in [1.29, 1.82) is 0 Å². The molecule has 140 valence electrons. The molecule has 0 saturated carbocycles. The fourth-order valence-corrected chi connectivity index (χ4v) is 3.39. The second-order valence-electron chi connectivity index (χ2n) is 7.00. The van der Waals surface area contributed by atoms with Gasteiger partial charge in [0, 0.05) is 30.3 Å². The maximum Gasteiger partial charge on any atom is 0.274 e. The summed E-state index contributed by atoms with van der Waals surface area (Å²) in [5.74, 6) is -0.940. The van der Waals surface area contributed by atoms with E-state index >= 15 is 0 Å². The van der Waals surface area contributed by atoms with Crippen LogP contribution in [0.5, 0.6) is 0 Å². The van der Waals surface area contributed by atoms with Crippen molar-refractivity contribution in [2.45, 2.75) is 27.2 Å². The number of nitro groups is 1. The number of aryl methyl sites for hydroxylation is 3. The van der Waals surface area contributed by atoms with Crippen LogP contribution in [0, 0.1) is 36.8 Å². The lowest BCUT2D eigenvalue weighted by molar-refractivity contribution is -0.385. The van der Waals surface area contributed by atoms with Gasteiger partial charge in [-0.15, -0.1) is 0 Å². The fraction of sp³-hybridized carbons (Fsp3) is 0.300. The minimum Gasteiger partial charge on any atom is -0.326 e. The van der Waals surface area contributed by atoms with Gasteiger partial charge in [-0.05, 0) is 50.1 Å². The van der Waals surface area contributed by atoms with E-state index in [0.29, 0.717) is 16.9 Å². The highest BCUT2D eigenvalue weighted by Crippen LogP contribution is 2.30. The molecule has 1 aliphatic rings. The highest BCUT2D eigenvalue weighted by molar-refractivity contribution is 6.03. The summed E-state index contributed by atoms with van der Waals surface area (Å²) in [5.41, 5.74) is 3.72. The molecule has 0 aromatic heterocycles. The molecular formula is C20H21N3O4. The zero-order valence-electron chi connectivity index (χ0n) is 15.5. The number of carbonyl (C=O) groups is 2. The van der Waals surface area contributed by atoms with Crippen molar-refractivity contribution in [2.75, 3.05) is 16.8 Å². The van der Waals surface area contributed by atoms with E-state index in [1.807, 2.05) is 32.0 Å². The number of carbonyl (C=O) groups excluding carboxylic acids is 2. The van der Waals surface area contributed by atoms with Gasteiger partial charge in [0.15, 0.2) is 0 Å². The van der Waals surface area contributed by atoms with Crippen LogP contribution in [-0.2, 0) is 9.59 Å². The lowest BCUT2D eigenvalue weighted by Crippen LogP contribution is -2.28. The third-order valence-electron chi connectivity index (χ3n) is 4.69. The standard InChI is InChI=1S/C20H21N3O4/c1-12-6-13(2)8-16(7-12)21-20(25)15-9-19(24)22(11-15)17-5-4-14(3)18(10-17)23(26)27/h4-8,10,15H,9,11H2,1-3H3,(H,21,25)/t15-/m1/s1. The summed E-state index contributed by atoms with van der Waals surface area (Å²) >= 11 is 0. The highest BCUT2D eigenvalue weighted by Gasteiger charge is 2.35. The zero-order valence-corrected chi connectivity index (χ0v) is 15.5. The van der Waals surface area contributed by atoms with Crippen molar-refractivity contribution >= 4 is 28.9 Å². The molecule has 1 saturated heterocycles. The van der Waals surface area contributed by atoms with Crippen LogP contribution in [0.15, 0.2) is 36.4 Å². The molecule has 0 aliphatic carbocycles. The molecule has 27 heavy (non-hydrogen) atoms. The van der Waals surface area contributed by atoms with Gasteiger partial charge in [0.25, 0.3) is 5.69 Å². The summed E-state index contributed by atoms with van der Waals surface area (Å²) in [7, 11) is 0. The van der Waals surface area contributed by atoms with E-state index < -0.39 is 10.8 Å². The molecule has 0 unspecified atom stereocenters. The van der Waals surface area contributed by atoms with Gasteiger partial charge in [0.2, 0.25) is 11.8 Å². The molecule has 2 aromatic rings. The third-order valence-corrected chi connectivity index (χ3v) is 4.69. The number of hydrogen-bond acceptors (Lipinski definition) is 4. The van der Waals surface area contributed by atoms with E-state index in [1.54, 1.807) is 19.1 Å². The molecule has 7 heteroatoms. The number of hydrogen-bond donors (Lipinski definition) is 1. The Morgan fingerprint density at radius 1 is 1.15 bits per heavy atom. The molecule has 1 fully saturated rings. The van der Waals surface area contributed by atoms with Crippen LogP contribution >= 0.6 is 0 Å². The third kappa shape index (κ3) is 3.97. The van der Waals surface area contributed by atoms with E-state index in [-0.39, 0.29) is 30.5 Å². The molecule has 3 rings (SSSR count). The Balaban J connectivity index is 1.76. The number of rotatable bonds is 4. The van der Waals surface area contributed by atoms with Gasteiger partial charge in [-0.3, -0.25) is 19.7 Å². The van der Waals surface area contributed by atoms with Crippen LogP contribution in [0.25, 0.3) is 0 Å². The van der Waals surface area contributed by atoms with E-state index in [9.17, 15) is 19.7 Å². The minimum atomic E-state index is -0.501. The molecule has 1 aliphatic heterocycles. The van der Waals surface area contributed by atoms with Crippen LogP contribution in [-0.4, -0.2) is 23.3 Å². The molecule has 1 N–H and O–H groups in total. The Hall–Kier alpha value is -3.22. The second kappa shape index (κ2) is 7.19. The van der Waals surface area contributed by atoms with Gasteiger partial charge < -0.3 is 10.2 Å². The summed E-state index contributed by atoms with van der Waals surface area (Å²) in [6.45, 7) is 5.76. The molecule has 1 heterocycles. The Morgan fingerprint density at radius 2 is 1.81 bits per heavy atom. The largest absolute Gasteiger partial charge is 0.326 e. The summed E-state index contributed by atoms with van der Waals surface area (Å²) in [6.07, 6.45) is 0.0817. The maximum atomic E-state index is 12.6. The number of nitro benzene ring substituents is 1. The number of amides is 2. The Bertz CT molecular complexity index is 919. The molecule has 2 amide bonds. The van der Waals surface area contributed by atoms with Gasteiger partial charge >= 0.3 is 0 Å². The quantitative estimate of drug-likeness (QED) is 0.661. The first-order valence-electron chi connectivity index (χ1n) is 8.69. The first-order chi connectivity index (χ1) is 12.7. The maximum absolute atomic E-state index is 12.6. The molecule has 2 aromatic carbocycles. The van der Waals surface area contributed by atoms with Crippen LogP contribution in [0.3, 0.4) is 0 Å². The van der Waals surface area contributed by atoms with Gasteiger partial charge in [0.1, 0.15) is 0 Å². The summed E-state index contributed by atoms with van der Waals surface area (Å²) < 4.78 is 0. The second-order valence-corrected chi connectivity index (χ2v) is 7.00. The summed E-state index contributed by atoms with van der Waals surface area (Å²) in [4.78, 5) is 37.1. The van der Waals surface area contributed by atoms with Crippen molar-refractivity contribution in [1.82, 2.24) is 0 Å². The highest BCUT2D eigenvalue weighted by atomic mass is 16.6. The van der Waals surface area contributed by atoms with Gasteiger partial charge in [-0.2, -0.15) is 0 Å². The molecule has 0 spiro atoms. The van der Waals surface area contributed by atoms with Crippen LogP contribution in [0.1, 0.15) is 23.1 Å². The lowest BCUT2D eigenvalue weighted by atomic mass is 10.1. The predicted molar refractivity (Wildman–Crippen MR) is 103 cm³/mol. The lowest BCUT2D eigenvalue weighted by Gasteiger charge is -2.17. The molecule has 1 atom stereocenters. The van der Waals surface area contributed by atoms with Crippen LogP contribution in [0.4, 0.5) is 17.1 Å². The van der Waals surface area contributed by atoms with Crippen molar-refractivity contribution in [3.63, 3.8) is 0 Å². The Kier molecular flexibility index (Phi) is 4.94. The molecule has 0 bridgehead atoms. The van der Waals surface area contributed by atoms with Crippen molar-refractivity contribution in [2.24, 2.45) is 5.92 Å². The number of nitrogens with zero attached hydrogens (tertiary/aromatic N) is 2. The smallest absolute Gasteiger partial charge is 0.274 e. The SMILES string of the molecule is Cc1cc(C)cc(NC(=O)[C@@H]2CC(=O)N(c3ccc(C)c([N+](=O)[O-])c3)C2)c1. The first kappa shape index (κ1) is 18.6. The van der Waals surface area contributed by atoms with Gasteiger partial charge in [0.05, 0.1) is 16.5 Å². The molecule has 0 radical (unpaired) electrons. The topological polar surface area (TPSA) is 92.6 Å². The van der Waals surface area contributed by atoms with Crippen molar-refractivity contribution in [3.8, 4) is 0 Å². The van der Waals surface area contributed by atoms with Gasteiger partial charge in [-0.25, -0.2) is 0 Å². The molecule has 7 nitrogen and oxygen atoms in total. The average molecular weight is 367 g/mol. The molecular weight excluding hydrogens is 346 g/mol. The van der Waals surface area contributed by atoms with Crippen LogP contribution < -0.4 is 10.2 Å². The van der Waals surface area contributed by atoms with Crippen molar-refractivity contribution < 1.29 is 14.5 Å². The number of benzene rings is 2. The fourth-order valence-electron chi connectivity index (χ4n) is 3.39. The Morgan fingerprint density at radius 3 is 2.44 bits per heavy atom.